The predicted octanol–water partition coefficient (Wildman–Crippen LogP) is 2.59. The van der Waals surface area contributed by atoms with Gasteiger partial charge in [0.05, 0.1) is 0 Å². The number of anilines is 1. The van der Waals surface area contributed by atoms with Gasteiger partial charge >= 0.3 is 0 Å². The molecule has 0 aliphatic carbocycles. The van der Waals surface area contributed by atoms with Gasteiger partial charge in [-0.3, -0.25) is 0 Å². The van der Waals surface area contributed by atoms with Crippen LogP contribution in [0.1, 0.15) is 12.5 Å². The number of aryl methyl sites for hydroxylation is 1. The normalized spacial score (nSPS) is 20.6. The Morgan fingerprint density at radius 3 is 3.11 bits per heavy atom. The smallest absolute Gasteiger partial charge is 0.298 e. The average Bonchev–Trinajstić information content (AvgIpc) is 2.73. The minimum absolute atomic E-state index is 0.392. The van der Waals surface area contributed by atoms with E-state index in [1.807, 2.05) is 19.1 Å². The van der Waals surface area contributed by atoms with Gasteiger partial charge in [-0.15, -0.1) is 0 Å². The highest BCUT2D eigenvalue weighted by Crippen LogP contribution is 2.28. The molecule has 0 bridgehead atoms. The van der Waals surface area contributed by atoms with Gasteiger partial charge in [-0.05, 0) is 31.5 Å². The Morgan fingerprint density at radius 2 is 2.33 bits per heavy atom. The van der Waals surface area contributed by atoms with Gasteiger partial charge in [-0.25, -0.2) is 0 Å². The molecule has 1 atom stereocenters. The Balaban J connectivity index is 2.02. The molecule has 1 aromatic heterocycles. The van der Waals surface area contributed by atoms with Crippen LogP contribution in [0, 0.1) is 6.92 Å². The summed E-state index contributed by atoms with van der Waals surface area (Å²) in [6.07, 6.45) is 0. The fourth-order valence-corrected chi connectivity index (χ4v) is 2.44. The zero-order valence-corrected chi connectivity index (χ0v) is 11.3. The van der Waals surface area contributed by atoms with Crippen molar-refractivity contribution in [2.24, 2.45) is 0 Å². The second kappa shape index (κ2) is 4.44. The summed E-state index contributed by atoms with van der Waals surface area (Å²) in [6, 6.07) is 4.90. The fraction of sp³-hybridized carbons (Fsp3) is 0.462. The summed E-state index contributed by atoms with van der Waals surface area (Å²) in [5.41, 5.74) is 2.64. The molecule has 96 valence electrons. The molecule has 0 saturated carbocycles. The van der Waals surface area contributed by atoms with Crippen LogP contribution in [0.2, 0.25) is 5.02 Å². The SMILES string of the molecule is Cc1cc2oc(N3CCNCC3C)nc2cc1Cl. The highest BCUT2D eigenvalue weighted by atomic mass is 35.5. The molecule has 1 N–H and O–H groups in total. The number of hydrogen-bond donors (Lipinski definition) is 1. The Hall–Kier alpha value is -1.26. The van der Waals surface area contributed by atoms with Crippen molar-refractivity contribution >= 4 is 28.7 Å². The molecule has 2 aromatic rings. The van der Waals surface area contributed by atoms with E-state index in [1.165, 1.54) is 0 Å². The van der Waals surface area contributed by atoms with Gasteiger partial charge in [0.1, 0.15) is 5.52 Å². The highest BCUT2D eigenvalue weighted by molar-refractivity contribution is 6.32. The van der Waals surface area contributed by atoms with Crippen LogP contribution in [0.25, 0.3) is 11.1 Å². The lowest BCUT2D eigenvalue weighted by molar-refractivity contribution is 0.456. The summed E-state index contributed by atoms with van der Waals surface area (Å²) in [7, 11) is 0. The fourth-order valence-electron chi connectivity index (χ4n) is 2.29. The first kappa shape index (κ1) is 11.8. The maximum Gasteiger partial charge on any atom is 0.298 e. The van der Waals surface area contributed by atoms with Crippen LogP contribution in [0.4, 0.5) is 6.01 Å². The molecule has 1 unspecified atom stereocenters. The number of benzene rings is 1. The van der Waals surface area contributed by atoms with Crippen LogP contribution in [0.5, 0.6) is 0 Å². The van der Waals surface area contributed by atoms with Crippen LogP contribution < -0.4 is 10.2 Å². The number of oxazole rings is 1. The molecular formula is C13H16ClN3O. The minimum Gasteiger partial charge on any atom is -0.423 e. The van der Waals surface area contributed by atoms with E-state index < -0.39 is 0 Å². The molecule has 4 nitrogen and oxygen atoms in total. The molecule has 2 heterocycles. The van der Waals surface area contributed by atoms with Gasteiger partial charge in [0, 0.05) is 30.7 Å². The number of rotatable bonds is 1. The average molecular weight is 266 g/mol. The Bertz CT molecular complexity index is 542. The summed E-state index contributed by atoms with van der Waals surface area (Å²) < 4.78 is 5.84. The van der Waals surface area contributed by atoms with Crippen molar-refractivity contribution in [3.63, 3.8) is 0 Å². The van der Waals surface area contributed by atoms with Crippen LogP contribution in [0.3, 0.4) is 0 Å². The number of halogens is 1. The summed E-state index contributed by atoms with van der Waals surface area (Å²) >= 11 is 6.11. The first-order valence-corrected chi connectivity index (χ1v) is 6.57. The molecule has 0 amide bonds. The third-order valence-electron chi connectivity index (χ3n) is 3.40. The van der Waals surface area contributed by atoms with Crippen molar-refractivity contribution in [1.82, 2.24) is 10.3 Å². The molecule has 1 fully saturated rings. The van der Waals surface area contributed by atoms with Crippen LogP contribution in [0.15, 0.2) is 16.5 Å². The highest BCUT2D eigenvalue weighted by Gasteiger charge is 2.22. The predicted molar refractivity (Wildman–Crippen MR) is 73.4 cm³/mol. The summed E-state index contributed by atoms with van der Waals surface area (Å²) in [6.45, 7) is 6.97. The van der Waals surface area contributed by atoms with E-state index in [4.69, 9.17) is 16.0 Å². The number of hydrogen-bond acceptors (Lipinski definition) is 4. The minimum atomic E-state index is 0.392. The maximum atomic E-state index is 6.11. The maximum absolute atomic E-state index is 6.11. The second-order valence-electron chi connectivity index (χ2n) is 4.81. The third-order valence-corrected chi connectivity index (χ3v) is 3.81. The van der Waals surface area contributed by atoms with Crippen LogP contribution >= 0.6 is 11.6 Å². The number of aromatic nitrogens is 1. The van der Waals surface area contributed by atoms with Crippen molar-refractivity contribution in [2.45, 2.75) is 19.9 Å². The Labute approximate surface area is 111 Å². The largest absolute Gasteiger partial charge is 0.423 e. The molecule has 0 radical (unpaired) electrons. The first-order chi connectivity index (χ1) is 8.65. The monoisotopic (exact) mass is 265 g/mol. The van der Waals surface area contributed by atoms with Gasteiger partial charge in [-0.2, -0.15) is 4.98 Å². The van der Waals surface area contributed by atoms with Crippen LogP contribution in [-0.4, -0.2) is 30.7 Å². The molecule has 18 heavy (non-hydrogen) atoms. The van der Waals surface area contributed by atoms with Gasteiger partial charge in [0.25, 0.3) is 6.01 Å². The van der Waals surface area contributed by atoms with E-state index >= 15 is 0 Å². The van der Waals surface area contributed by atoms with E-state index in [-0.39, 0.29) is 0 Å². The molecule has 1 aromatic carbocycles. The lowest BCUT2D eigenvalue weighted by atomic mass is 10.2. The first-order valence-electron chi connectivity index (χ1n) is 6.19. The van der Waals surface area contributed by atoms with E-state index in [2.05, 4.69) is 22.1 Å². The molecule has 3 rings (SSSR count). The van der Waals surface area contributed by atoms with Gasteiger partial charge < -0.3 is 14.6 Å². The third kappa shape index (κ3) is 1.95. The van der Waals surface area contributed by atoms with Gasteiger partial charge in [0.2, 0.25) is 0 Å². The van der Waals surface area contributed by atoms with Crippen LogP contribution in [-0.2, 0) is 0 Å². The van der Waals surface area contributed by atoms with Crippen molar-refractivity contribution in [2.75, 3.05) is 24.5 Å². The number of nitrogens with zero attached hydrogens (tertiary/aromatic N) is 2. The van der Waals surface area contributed by atoms with Crippen molar-refractivity contribution in [1.29, 1.82) is 0 Å². The molecular weight excluding hydrogens is 250 g/mol. The zero-order valence-electron chi connectivity index (χ0n) is 10.5. The van der Waals surface area contributed by atoms with E-state index in [0.29, 0.717) is 12.1 Å². The topological polar surface area (TPSA) is 41.3 Å². The van der Waals surface area contributed by atoms with E-state index in [0.717, 1.165) is 41.3 Å². The lowest BCUT2D eigenvalue weighted by Crippen LogP contribution is -2.50. The lowest BCUT2D eigenvalue weighted by Gasteiger charge is -2.32. The van der Waals surface area contributed by atoms with Gasteiger partial charge in [0.15, 0.2) is 5.58 Å². The molecule has 1 saturated heterocycles. The van der Waals surface area contributed by atoms with E-state index in [9.17, 15) is 0 Å². The number of nitrogens with one attached hydrogen (secondary N) is 1. The number of piperazine rings is 1. The second-order valence-corrected chi connectivity index (χ2v) is 5.22. The molecule has 1 aliphatic rings. The van der Waals surface area contributed by atoms with Crippen molar-refractivity contribution in [3.05, 3.63) is 22.7 Å². The Morgan fingerprint density at radius 1 is 1.50 bits per heavy atom. The standard InChI is InChI=1S/C13H16ClN3O/c1-8-5-12-11(6-10(8)14)16-13(18-12)17-4-3-15-7-9(17)2/h5-6,9,15H,3-4,7H2,1-2H3. The van der Waals surface area contributed by atoms with Crippen molar-refractivity contribution in [3.8, 4) is 0 Å². The summed E-state index contributed by atoms with van der Waals surface area (Å²) in [5, 5.41) is 4.09. The molecule has 1 aliphatic heterocycles. The van der Waals surface area contributed by atoms with E-state index in [1.54, 1.807) is 0 Å². The Kier molecular flexibility index (Phi) is 2.92. The molecule has 0 spiro atoms. The van der Waals surface area contributed by atoms with Gasteiger partial charge in [-0.1, -0.05) is 11.6 Å². The molecule has 5 heteroatoms. The van der Waals surface area contributed by atoms with Crippen molar-refractivity contribution < 1.29 is 4.42 Å². The summed E-state index contributed by atoms with van der Waals surface area (Å²) in [4.78, 5) is 6.73. The zero-order chi connectivity index (χ0) is 12.7. The summed E-state index contributed by atoms with van der Waals surface area (Å²) in [5.74, 6) is 0. The quantitative estimate of drug-likeness (QED) is 0.861. The number of fused-ring (bicyclic) bond motifs is 1.